The number of hydrogen-bond donors (Lipinski definition) is 0. The lowest BCUT2D eigenvalue weighted by Gasteiger charge is -2.09. The zero-order valence-corrected chi connectivity index (χ0v) is 11.0. The molecule has 1 aromatic carbocycles. The molecule has 98 valence electrons. The highest BCUT2D eigenvalue weighted by atomic mass is 35.5. The van der Waals surface area contributed by atoms with Crippen molar-refractivity contribution in [3.8, 4) is 17.0 Å². The van der Waals surface area contributed by atoms with Crippen LogP contribution in [0.5, 0.6) is 5.75 Å². The second kappa shape index (κ2) is 5.32. The molecule has 1 heterocycles. The first-order valence-corrected chi connectivity index (χ1v) is 5.78. The molecule has 0 spiro atoms. The molecule has 0 fully saturated rings. The van der Waals surface area contributed by atoms with Crippen LogP contribution in [-0.4, -0.2) is 23.4 Å². The van der Waals surface area contributed by atoms with Gasteiger partial charge in [-0.2, -0.15) is 0 Å². The number of halogens is 2. The Kier molecular flexibility index (Phi) is 3.76. The molecule has 0 bridgehead atoms. The van der Waals surface area contributed by atoms with Crippen LogP contribution in [0.15, 0.2) is 18.2 Å². The average molecular weight is 281 g/mol. The van der Waals surface area contributed by atoms with E-state index in [9.17, 15) is 9.18 Å². The fraction of sp³-hybridized carbons (Fsp3) is 0.154. The molecule has 0 saturated heterocycles. The molecule has 0 saturated carbocycles. The van der Waals surface area contributed by atoms with Crippen LogP contribution < -0.4 is 4.74 Å². The Morgan fingerprint density at radius 1 is 1.37 bits per heavy atom. The number of nitrogens with zero attached hydrogens (tertiary/aromatic N) is 2. The lowest BCUT2D eigenvalue weighted by Crippen LogP contribution is -2.01. The molecule has 0 aliphatic heterocycles. The van der Waals surface area contributed by atoms with Crippen LogP contribution in [0, 0.1) is 12.7 Å². The van der Waals surface area contributed by atoms with Crippen LogP contribution >= 0.6 is 11.6 Å². The summed E-state index contributed by atoms with van der Waals surface area (Å²) < 4.78 is 18.9. The summed E-state index contributed by atoms with van der Waals surface area (Å²) in [5, 5.41) is 0.00715. The van der Waals surface area contributed by atoms with E-state index in [0.717, 1.165) is 0 Å². The van der Waals surface area contributed by atoms with E-state index >= 15 is 0 Å². The molecule has 0 aliphatic carbocycles. The minimum atomic E-state index is -0.545. The number of ether oxygens (including phenoxy) is 1. The molecule has 0 unspecified atom stereocenters. The molecule has 0 amide bonds. The van der Waals surface area contributed by atoms with Gasteiger partial charge in [-0.3, -0.25) is 4.79 Å². The van der Waals surface area contributed by atoms with Crippen molar-refractivity contribution < 1.29 is 13.9 Å². The van der Waals surface area contributed by atoms with Gasteiger partial charge in [0.1, 0.15) is 22.5 Å². The minimum Gasteiger partial charge on any atom is -0.497 e. The second-order valence-electron chi connectivity index (χ2n) is 3.79. The Hall–Kier alpha value is -2.01. The normalized spacial score (nSPS) is 10.3. The third-order valence-electron chi connectivity index (χ3n) is 2.56. The molecule has 2 aromatic rings. The van der Waals surface area contributed by atoms with Gasteiger partial charge in [0, 0.05) is 11.6 Å². The first kappa shape index (κ1) is 13.4. The number of rotatable bonds is 3. The lowest BCUT2D eigenvalue weighted by atomic mass is 10.1. The van der Waals surface area contributed by atoms with Gasteiger partial charge in [-0.05, 0) is 19.1 Å². The van der Waals surface area contributed by atoms with Crippen LogP contribution in [0.3, 0.4) is 0 Å². The number of aryl methyl sites for hydroxylation is 1. The average Bonchev–Trinajstić information content (AvgIpc) is 2.37. The summed E-state index contributed by atoms with van der Waals surface area (Å²) in [6, 6.07) is 4.28. The summed E-state index contributed by atoms with van der Waals surface area (Å²) in [6.07, 6.45) is 0.515. The van der Waals surface area contributed by atoms with Crippen molar-refractivity contribution in [2.75, 3.05) is 7.11 Å². The maximum absolute atomic E-state index is 14.0. The Morgan fingerprint density at radius 3 is 2.68 bits per heavy atom. The van der Waals surface area contributed by atoms with E-state index in [0.29, 0.717) is 17.9 Å². The van der Waals surface area contributed by atoms with Crippen LogP contribution in [0.1, 0.15) is 16.2 Å². The minimum absolute atomic E-state index is 0.00715. The maximum atomic E-state index is 14.0. The monoisotopic (exact) mass is 280 g/mol. The van der Waals surface area contributed by atoms with E-state index in [-0.39, 0.29) is 22.0 Å². The molecule has 4 nitrogen and oxygen atoms in total. The summed E-state index contributed by atoms with van der Waals surface area (Å²) >= 11 is 5.87. The number of hydrogen-bond acceptors (Lipinski definition) is 4. The predicted molar refractivity (Wildman–Crippen MR) is 69.1 cm³/mol. The summed E-state index contributed by atoms with van der Waals surface area (Å²) in [4.78, 5) is 19.0. The Labute approximate surface area is 114 Å². The molecule has 19 heavy (non-hydrogen) atoms. The zero-order chi connectivity index (χ0) is 14.0. The third kappa shape index (κ3) is 2.56. The van der Waals surface area contributed by atoms with Crippen molar-refractivity contribution in [3.63, 3.8) is 0 Å². The molecular weight excluding hydrogens is 271 g/mol. The molecule has 6 heteroatoms. The van der Waals surface area contributed by atoms with Gasteiger partial charge in [0.2, 0.25) is 0 Å². The Morgan fingerprint density at radius 2 is 2.11 bits per heavy atom. The molecular formula is C13H10ClFN2O2. The molecule has 0 N–H and O–H groups in total. The number of aldehydes is 1. The SMILES string of the molecule is COc1ccc(-c2nc(C)nc(Cl)c2C=O)c(F)c1. The Balaban J connectivity index is 2.67. The topological polar surface area (TPSA) is 52.1 Å². The van der Waals surface area contributed by atoms with E-state index in [1.165, 1.54) is 19.2 Å². The molecule has 0 aliphatic rings. The highest BCUT2D eigenvalue weighted by Gasteiger charge is 2.16. The van der Waals surface area contributed by atoms with E-state index in [2.05, 4.69) is 9.97 Å². The first-order chi connectivity index (χ1) is 9.06. The van der Waals surface area contributed by atoms with E-state index in [4.69, 9.17) is 16.3 Å². The summed E-state index contributed by atoms with van der Waals surface area (Å²) in [6.45, 7) is 1.62. The van der Waals surface area contributed by atoms with Crippen molar-refractivity contribution in [2.45, 2.75) is 6.92 Å². The van der Waals surface area contributed by atoms with E-state index in [1.807, 2.05) is 0 Å². The van der Waals surface area contributed by atoms with Gasteiger partial charge >= 0.3 is 0 Å². The highest BCUT2D eigenvalue weighted by molar-refractivity contribution is 6.32. The summed E-state index contributed by atoms with van der Waals surface area (Å²) in [5.41, 5.74) is 0.416. The van der Waals surface area contributed by atoms with Crippen LogP contribution in [0.2, 0.25) is 5.15 Å². The molecule has 2 rings (SSSR count). The Bertz CT molecular complexity index is 647. The number of benzene rings is 1. The molecule has 0 radical (unpaired) electrons. The van der Waals surface area contributed by atoms with Crippen molar-refractivity contribution in [2.24, 2.45) is 0 Å². The van der Waals surface area contributed by atoms with E-state index in [1.54, 1.807) is 13.0 Å². The van der Waals surface area contributed by atoms with Crippen LogP contribution in [0.4, 0.5) is 4.39 Å². The predicted octanol–water partition coefficient (Wildman–Crippen LogP) is 3.07. The van der Waals surface area contributed by atoms with E-state index < -0.39 is 5.82 Å². The summed E-state index contributed by atoms with van der Waals surface area (Å²) in [7, 11) is 1.44. The van der Waals surface area contributed by atoms with Crippen molar-refractivity contribution >= 4 is 17.9 Å². The summed E-state index contributed by atoms with van der Waals surface area (Å²) in [5.74, 6) is 0.197. The van der Waals surface area contributed by atoms with Gasteiger partial charge in [0.25, 0.3) is 0 Å². The largest absolute Gasteiger partial charge is 0.497 e. The first-order valence-electron chi connectivity index (χ1n) is 5.40. The van der Waals surface area contributed by atoms with Gasteiger partial charge in [-0.25, -0.2) is 14.4 Å². The number of aromatic nitrogens is 2. The van der Waals surface area contributed by atoms with Crippen molar-refractivity contribution in [3.05, 3.63) is 40.6 Å². The van der Waals surface area contributed by atoms with Crippen molar-refractivity contribution in [1.82, 2.24) is 9.97 Å². The second-order valence-corrected chi connectivity index (χ2v) is 4.15. The van der Waals surface area contributed by atoms with Gasteiger partial charge in [-0.1, -0.05) is 11.6 Å². The van der Waals surface area contributed by atoms with Gasteiger partial charge in [-0.15, -0.1) is 0 Å². The molecule has 0 atom stereocenters. The highest BCUT2D eigenvalue weighted by Crippen LogP contribution is 2.29. The zero-order valence-electron chi connectivity index (χ0n) is 10.3. The van der Waals surface area contributed by atoms with Gasteiger partial charge in [0.05, 0.1) is 18.4 Å². The van der Waals surface area contributed by atoms with Crippen LogP contribution in [0.25, 0.3) is 11.3 Å². The maximum Gasteiger partial charge on any atom is 0.155 e. The standard InChI is InChI=1S/C13H10ClFN2O2/c1-7-16-12(10(6-18)13(14)17-7)9-4-3-8(19-2)5-11(9)15/h3-6H,1-2H3. The lowest BCUT2D eigenvalue weighted by molar-refractivity contribution is 0.112. The smallest absolute Gasteiger partial charge is 0.155 e. The fourth-order valence-corrected chi connectivity index (χ4v) is 1.93. The number of methoxy groups -OCH3 is 1. The third-order valence-corrected chi connectivity index (χ3v) is 2.85. The fourth-order valence-electron chi connectivity index (χ4n) is 1.67. The number of carbonyl (C=O) groups is 1. The van der Waals surface area contributed by atoms with Crippen molar-refractivity contribution in [1.29, 1.82) is 0 Å². The van der Waals surface area contributed by atoms with Gasteiger partial charge < -0.3 is 4.74 Å². The number of carbonyl (C=O) groups excluding carboxylic acids is 1. The van der Waals surface area contributed by atoms with Crippen LogP contribution in [-0.2, 0) is 0 Å². The van der Waals surface area contributed by atoms with Gasteiger partial charge in [0.15, 0.2) is 6.29 Å². The quantitative estimate of drug-likeness (QED) is 0.640. The molecule has 1 aromatic heterocycles.